The number of amides is 4. The second kappa shape index (κ2) is 10.6. The van der Waals surface area contributed by atoms with Gasteiger partial charge in [-0.1, -0.05) is 45.7 Å². The predicted molar refractivity (Wildman–Crippen MR) is 141 cm³/mol. The van der Waals surface area contributed by atoms with E-state index in [0.29, 0.717) is 22.7 Å². The molecule has 0 radical (unpaired) electrons. The summed E-state index contributed by atoms with van der Waals surface area (Å²) in [5.74, 6) is -0.872. The van der Waals surface area contributed by atoms with Gasteiger partial charge in [-0.25, -0.2) is 9.69 Å². The van der Waals surface area contributed by atoms with Gasteiger partial charge >= 0.3 is 6.03 Å². The number of barbiturate groups is 1. The second-order valence-corrected chi connectivity index (χ2v) is 9.58. The highest BCUT2D eigenvalue weighted by molar-refractivity contribution is 9.10. The maximum absolute atomic E-state index is 13.2. The molecule has 3 aromatic rings. The van der Waals surface area contributed by atoms with Crippen LogP contribution in [0.15, 0.2) is 64.6 Å². The van der Waals surface area contributed by atoms with Crippen LogP contribution >= 0.6 is 27.5 Å². The largest absolute Gasteiger partial charge is 0.493 e. The van der Waals surface area contributed by atoms with Crippen molar-refractivity contribution in [1.82, 2.24) is 5.32 Å². The van der Waals surface area contributed by atoms with E-state index in [0.717, 1.165) is 26.1 Å². The van der Waals surface area contributed by atoms with Gasteiger partial charge < -0.3 is 9.47 Å². The molecule has 1 fully saturated rings. The smallest absolute Gasteiger partial charge is 0.335 e. The van der Waals surface area contributed by atoms with Gasteiger partial charge in [-0.15, -0.1) is 0 Å². The Labute approximate surface area is 221 Å². The Morgan fingerprint density at radius 1 is 1.00 bits per heavy atom. The first-order chi connectivity index (χ1) is 17.2. The van der Waals surface area contributed by atoms with E-state index >= 15 is 0 Å². The number of imide groups is 2. The van der Waals surface area contributed by atoms with Gasteiger partial charge in [-0.05, 0) is 78.6 Å². The number of hydrogen-bond donors (Lipinski definition) is 1. The number of benzene rings is 3. The number of nitrogens with zero attached hydrogens (tertiary/aromatic N) is 1. The Morgan fingerprint density at radius 2 is 1.67 bits per heavy atom. The molecule has 1 heterocycles. The molecule has 7 nitrogen and oxygen atoms in total. The fourth-order valence-electron chi connectivity index (χ4n) is 3.84. The number of rotatable bonds is 6. The first kappa shape index (κ1) is 25.5. The van der Waals surface area contributed by atoms with Crippen LogP contribution in [0, 0.1) is 13.8 Å². The minimum atomic E-state index is -0.806. The van der Waals surface area contributed by atoms with Crippen LogP contribution in [0.5, 0.6) is 11.5 Å². The van der Waals surface area contributed by atoms with Crippen molar-refractivity contribution in [3.8, 4) is 11.5 Å². The molecule has 9 heteroatoms. The van der Waals surface area contributed by atoms with Crippen molar-refractivity contribution in [1.29, 1.82) is 0 Å². The van der Waals surface area contributed by atoms with E-state index in [1.807, 2.05) is 44.2 Å². The summed E-state index contributed by atoms with van der Waals surface area (Å²) in [6.45, 7) is 3.98. The third-order valence-electron chi connectivity index (χ3n) is 5.43. The molecule has 1 N–H and O–H groups in total. The van der Waals surface area contributed by atoms with Crippen molar-refractivity contribution in [2.24, 2.45) is 0 Å². The molecular formula is C27H22BrClN2O5. The molecule has 0 atom stereocenters. The van der Waals surface area contributed by atoms with Crippen molar-refractivity contribution in [2.45, 2.75) is 20.5 Å². The fraction of sp³-hybridized carbons (Fsp3) is 0.148. The van der Waals surface area contributed by atoms with Gasteiger partial charge in [0.25, 0.3) is 11.8 Å². The van der Waals surface area contributed by atoms with E-state index in [9.17, 15) is 14.4 Å². The maximum Gasteiger partial charge on any atom is 0.335 e. The number of nitrogens with one attached hydrogen (secondary N) is 1. The lowest BCUT2D eigenvalue weighted by molar-refractivity contribution is -0.122. The van der Waals surface area contributed by atoms with Crippen molar-refractivity contribution in [3.05, 3.63) is 91.9 Å². The standard InChI is InChI=1S/C27H22BrClN2O5/c1-15-8-16(2)10-20(9-15)31-26(33)21(25(32)30-27(31)34)11-18-12-22(29)24(23(13-18)35-3)36-14-17-4-6-19(28)7-5-17/h4-13H,14H2,1-3H3,(H,30,32,34)/b21-11+. The topological polar surface area (TPSA) is 84.9 Å². The van der Waals surface area contributed by atoms with Gasteiger partial charge in [0.2, 0.25) is 0 Å². The molecule has 4 rings (SSSR count). The zero-order chi connectivity index (χ0) is 26.0. The maximum atomic E-state index is 13.2. The first-order valence-corrected chi connectivity index (χ1v) is 12.1. The predicted octanol–water partition coefficient (Wildman–Crippen LogP) is 5.97. The monoisotopic (exact) mass is 568 g/mol. The summed E-state index contributed by atoms with van der Waals surface area (Å²) in [6, 6.07) is 15.3. The minimum Gasteiger partial charge on any atom is -0.493 e. The lowest BCUT2D eigenvalue weighted by Crippen LogP contribution is -2.54. The molecule has 1 aliphatic heterocycles. The summed E-state index contributed by atoms with van der Waals surface area (Å²) in [5, 5.41) is 2.47. The van der Waals surface area contributed by atoms with E-state index in [1.54, 1.807) is 24.3 Å². The third-order valence-corrected chi connectivity index (χ3v) is 6.23. The van der Waals surface area contributed by atoms with Crippen molar-refractivity contribution in [3.63, 3.8) is 0 Å². The molecule has 0 aliphatic carbocycles. The normalized spacial score (nSPS) is 14.8. The first-order valence-electron chi connectivity index (χ1n) is 10.9. The highest BCUT2D eigenvalue weighted by Gasteiger charge is 2.37. The molecule has 36 heavy (non-hydrogen) atoms. The molecule has 3 aromatic carbocycles. The molecule has 0 saturated carbocycles. The number of ether oxygens (including phenoxy) is 2. The van der Waals surface area contributed by atoms with Gasteiger partial charge in [0.05, 0.1) is 17.8 Å². The van der Waals surface area contributed by atoms with Gasteiger partial charge in [0.1, 0.15) is 12.2 Å². The number of halogens is 2. The Kier molecular flexibility index (Phi) is 7.47. The number of carbonyl (C=O) groups is 3. The summed E-state index contributed by atoms with van der Waals surface area (Å²) >= 11 is 9.88. The Hall–Kier alpha value is -3.62. The van der Waals surface area contributed by atoms with E-state index in [1.165, 1.54) is 13.2 Å². The Morgan fingerprint density at radius 3 is 2.31 bits per heavy atom. The van der Waals surface area contributed by atoms with E-state index in [2.05, 4.69) is 21.2 Å². The van der Waals surface area contributed by atoms with E-state index in [-0.39, 0.29) is 17.2 Å². The zero-order valence-electron chi connectivity index (χ0n) is 19.7. The van der Waals surface area contributed by atoms with Crippen LogP contribution in [0.1, 0.15) is 22.3 Å². The Balaban J connectivity index is 1.65. The Bertz CT molecular complexity index is 1380. The minimum absolute atomic E-state index is 0.213. The van der Waals surface area contributed by atoms with Gasteiger partial charge in [-0.2, -0.15) is 0 Å². The van der Waals surface area contributed by atoms with Crippen LogP contribution in [0.2, 0.25) is 5.02 Å². The molecule has 0 bridgehead atoms. The number of aryl methyl sites for hydroxylation is 2. The molecule has 184 valence electrons. The summed E-state index contributed by atoms with van der Waals surface area (Å²) in [6.07, 6.45) is 1.37. The summed E-state index contributed by atoms with van der Waals surface area (Å²) in [5.41, 5.74) is 3.28. The fourth-order valence-corrected chi connectivity index (χ4v) is 4.38. The lowest BCUT2D eigenvalue weighted by Gasteiger charge is -2.27. The van der Waals surface area contributed by atoms with Crippen LogP contribution in [0.25, 0.3) is 6.08 Å². The van der Waals surface area contributed by atoms with Crippen LogP contribution in [0.4, 0.5) is 10.5 Å². The highest BCUT2D eigenvalue weighted by Crippen LogP contribution is 2.38. The van der Waals surface area contributed by atoms with Crippen molar-refractivity contribution in [2.75, 3.05) is 12.0 Å². The second-order valence-electron chi connectivity index (χ2n) is 8.25. The number of hydrogen-bond acceptors (Lipinski definition) is 5. The number of anilines is 1. The molecule has 1 aliphatic rings. The van der Waals surface area contributed by atoms with E-state index in [4.69, 9.17) is 21.1 Å². The molecule has 0 unspecified atom stereocenters. The summed E-state index contributed by atoms with van der Waals surface area (Å²) < 4.78 is 12.3. The molecule has 4 amide bonds. The molecule has 0 aromatic heterocycles. The number of urea groups is 1. The van der Waals surface area contributed by atoms with Crippen LogP contribution in [0.3, 0.4) is 0 Å². The average Bonchev–Trinajstić information content (AvgIpc) is 2.81. The summed E-state index contributed by atoms with van der Waals surface area (Å²) in [4.78, 5) is 39.3. The zero-order valence-corrected chi connectivity index (χ0v) is 22.1. The lowest BCUT2D eigenvalue weighted by atomic mass is 10.0. The van der Waals surface area contributed by atoms with Crippen molar-refractivity contribution < 1.29 is 23.9 Å². The van der Waals surface area contributed by atoms with E-state index < -0.39 is 17.8 Å². The molecule has 0 spiro atoms. The van der Waals surface area contributed by atoms with Crippen LogP contribution in [-0.4, -0.2) is 25.0 Å². The SMILES string of the molecule is COc1cc(/C=C2\C(=O)NC(=O)N(c3cc(C)cc(C)c3)C2=O)cc(Cl)c1OCc1ccc(Br)cc1. The van der Waals surface area contributed by atoms with Gasteiger partial charge in [0.15, 0.2) is 11.5 Å². The molecular weight excluding hydrogens is 548 g/mol. The van der Waals surface area contributed by atoms with Gasteiger partial charge in [0, 0.05) is 4.47 Å². The summed E-state index contributed by atoms with van der Waals surface area (Å²) in [7, 11) is 1.47. The van der Waals surface area contributed by atoms with Crippen LogP contribution in [-0.2, 0) is 16.2 Å². The van der Waals surface area contributed by atoms with Gasteiger partial charge in [-0.3, -0.25) is 14.9 Å². The quantitative estimate of drug-likeness (QED) is 0.292. The molecule has 1 saturated heterocycles. The third kappa shape index (κ3) is 5.45. The van der Waals surface area contributed by atoms with Crippen molar-refractivity contribution >= 4 is 57.1 Å². The average molecular weight is 570 g/mol. The number of methoxy groups -OCH3 is 1. The highest BCUT2D eigenvalue weighted by atomic mass is 79.9. The number of carbonyl (C=O) groups excluding carboxylic acids is 3. The van der Waals surface area contributed by atoms with Crippen LogP contribution < -0.4 is 19.7 Å².